The van der Waals surface area contributed by atoms with Crippen molar-refractivity contribution in [1.82, 2.24) is 0 Å². The molecule has 0 amide bonds. The fourth-order valence-electron chi connectivity index (χ4n) is 2.74. The minimum absolute atomic E-state index is 0.102. The summed E-state index contributed by atoms with van der Waals surface area (Å²) < 4.78 is 32.7. The predicted octanol–water partition coefficient (Wildman–Crippen LogP) is 3.35. The Morgan fingerprint density at radius 1 is 1.20 bits per heavy atom. The molecule has 0 aliphatic heterocycles. The molecule has 0 spiro atoms. The van der Waals surface area contributed by atoms with Crippen LogP contribution in [-0.2, 0) is 6.42 Å². The van der Waals surface area contributed by atoms with E-state index in [4.69, 9.17) is 4.74 Å². The lowest BCUT2D eigenvalue weighted by molar-refractivity contribution is 0.126. The molecule has 0 radical (unpaired) electrons. The Kier molecular flexibility index (Phi) is 3.18. The monoisotopic (exact) mass is 276 g/mol. The maximum Gasteiger partial charge on any atom is 0.135 e. The van der Waals surface area contributed by atoms with Crippen LogP contribution < -0.4 is 4.74 Å². The van der Waals surface area contributed by atoms with Crippen LogP contribution in [0.3, 0.4) is 0 Å². The molecule has 2 unspecified atom stereocenters. The quantitative estimate of drug-likeness (QED) is 0.931. The van der Waals surface area contributed by atoms with Gasteiger partial charge in [-0.1, -0.05) is 24.3 Å². The Bertz CT molecular complexity index is 632. The summed E-state index contributed by atoms with van der Waals surface area (Å²) in [6.07, 6.45) is -0.557. The van der Waals surface area contributed by atoms with Gasteiger partial charge in [0.2, 0.25) is 0 Å². The van der Waals surface area contributed by atoms with Gasteiger partial charge >= 0.3 is 0 Å². The molecule has 0 aromatic heterocycles. The Hall–Kier alpha value is -1.94. The first-order valence-electron chi connectivity index (χ1n) is 6.40. The number of benzene rings is 2. The molecule has 2 aromatic carbocycles. The molecule has 0 bridgehead atoms. The summed E-state index contributed by atoms with van der Waals surface area (Å²) in [4.78, 5) is 0. The highest BCUT2D eigenvalue weighted by Crippen LogP contribution is 2.44. The number of aliphatic hydroxyl groups excluding tert-OH is 1. The lowest BCUT2D eigenvalue weighted by atomic mass is 9.73. The Morgan fingerprint density at radius 3 is 2.45 bits per heavy atom. The molecule has 2 nitrogen and oxygen atoms in total. The molecule has 104 valence electrons. The van der Waals surface area contributed by atoms with Crippen molar-refractivity contribution >= 4 is 0 Å². The molecule has 0 saturated heterocycles. The SMILES string of the molecule is COc1cc(F)c(C(O)C2Cc3ccccc32)c(F)c1. The van der Waals surface area contributed by atoms with E-state index in [9.17, 15) is 13.9 Å². The Labute approximate surface area is 115 Å². The van der Waals surface area contributed by atoms with Crippen molar-refractivity contribution in [1.29, 1.82) is 0 Å². The number of hydrogen-bond donors (Lipinski definition) is 1. The standard InChI is InChI=1S/C16H14F2O2/c1-20-10-7-13(17)15(14(18)8-10)16(19)12-6-9-4-2-3-5-11(9)12/h2-5,7-8,12,16,19H,6H2,1H3. The fourth-order valence-corrected chi connectivity index (χ4v) is 2.74. The van der Waals surface area contributed by atoms with Crippen LogP contribution in [0.2, 0.25) is 0 Å². The largest absolute Gasteiger partial charge is 0.497 e. The van der Waals surface area contributed by atoms with Crippen molar-refractivity contribution in [3.05, 3.63) is 64.7 Å². The van der Waals surface area contributed by atoms with Gasteiger partial charge in [-0.25, -0.2) is 8.78 Å². The third-order valence-corrected chi connectivity index (χ3v) is 3.86. The summed E-state index contributed by atoms with van der Waals surface area (Å²) in [7, 11) is 1.34. The highest BCUT2D eigenvalue weighted by Gasteiger charge is 2.35. The number of rotatable bonds is 3. The van der Waals surface area contributed by atoms with E-state index < -0.39 is 17.7 Å². The van der Waals surface area contributed by atoms with Crippen LogP contribution in [0, 0.1) is 11.6 Å². The van der Waals surface area contributed by atoms with E-state index in [0.717, 1.165) is 23.3 Å². The minimum atomic E-state index is -1.18. The van der Waals surface area contributed by atoms with Gasteiger partial charge in [0.1, 0.15) is 17.4 Å². The second-order valence-electron chi connectivity index (χ2n) is 4.96. The molecule has 0 heterocycles. The van der Waals surface area contributed by atoms with E-state index in [1.807, 2.05) is 24.3 Å². The van der Waals surface area contributed by atoms with Crippen LogP contribution in [0.15, 0.2) is 36.4 Å². The maximum absolute atomic E-state index is 14.0. The van der Waals surface area contributed by atoms with Crippen molar-refractivity contribution in [2.24, 2.45) is 0 Å². The van der Waals surface area contributed by atoms with Crippen molar-refractivity contribution in [2.45, 2.75) is 18.4 Å². The summed E-state index contributed by atoms with van der Waals surface area (Å²) in [5, 5.41) is 10.3. The molecule has 3 rings (SSSR count). The number of aliphatic hydroxyl groups is 1. The van der Waals surface area contributed by atoms with E-state index in [2.05, 4.69) is 0 Å². The summed E-state index contributed by atoms with van der Waals surface area (Å²) in [5.41, 5.74) is 1.78. The Morgan fingerprint density at radius 2 is 1.85 bits per heavy atom. The second-order valence-corrected chi connectivity index (χ2v) is 4.96. The smallest absolute Gasteiger partial charge is 0.135 e. The zero-order valence-corrected chi connectivity index (χ0v) is 10.9. The average molecular weight is 276 g/mol. The molecule has 2 aromatic rings. The van der Waals surface area contributed by atoms with Gasteiger partial charge in [0, 0.05) is 18.1 Å². The van der Waals surface area contributed by atoms with Crippen molar-refractivity contribution in [2.75, 3.05) is 7.11 Å². The van der Waals surface area contributed by atoms with Crippen LogP contribution in [0.4, 0.5) is 8.78 Å². The molecule has 2 atom stereocenters. The fraction of sp³-hybridized carbons (Fsp3) is 0.250. The van der Waals surface area contributed by atoms with Gasteiger partial charge in [-0.2, -0.15) is 0 Å². The van der Waals surface area contributed by atoms with Crippen molar-refractivity contribution in [3.8, 4) is 5.75 Å². The maximum atomic E-state index is 14.0. The van der Waals surface area contributed by atoms with E-state index in [1.54, 1.807) is 0 Å². The molecule has 1 aliphatic carbocycles. The summed E-state index contributed by atoms with van der Waals surface area (Å²) in [6.45, 7) is 0. The van der Waals surface area contributed by atoms with Crippen LogP contribution in [0.1, 0.15) is 28.7 Å². The molecule has 20 heavy (non-hydrogen) atoms. The van der Waals surface area contributed by atoms with Gasteiger partial charge in [-0.3, -0.25) is 0 Å². The number of halogens is 2. The highest BCUT2D eigenvalue weighted by molar-refractivity contribution is 5.43. The van der Waals surface area contributed by atoms with E-state index in [0.29, 0.717) is 6.42 Å². The molecule has 0 fully saturated rings. The topological polar surface area (TPSA) is 29.5 Å². The molecular weight excluding hydrogens is 262 g/mol. The molecule has 4 heteroatoms. The lowest BCUT2D eigenvalue weighted by Gasteiger charge is -2.34. The summed E-state index contributed by atoms with van der Waals surface area (Å²) in [6, 6.07) is 9.79. The summed E-state index contributed by atoms with van der Waals surface area (Å²) >= 11 is 0. The van der Waals surface area contributed by atoms with Gasteiger partial charge in [0.05, 0.1) is 18.8 Å². The second kappa shape index (κ2) is 4.87. The van der Waals surface area contributed by atoms with E-state index in [-0.39, 0.29) is 17.2 Å². The van der Waals surface area contributed by atoms with Crippen LogP contribution in [-0.4, -0.2) is 12.2 Å². The number of fused-ring (bicyclic) bond motifs is 1. The van der Waals surface area contributed by atoms with Gasteiger partial charge in [-0.15, -0.1) is 0 Å². The number of methoxy groups -OCH3 is 1. The van der Waals surface area contributed by atoms with E-state index in [1.165, 1.54) is 7.11 Å². The van der Waals surface area contributed by atoms with E-state index >= 15 is 0 Å². The highest BCUT2D eigenvalue weighted by atomic mass is 19.1. The van der Waals surface area contributed by atoms with Gasteiger partial charge in [0.25, 0.3) is 0 Å². The third kappa shape index (κ3) is 1.96. The molecule has 0 saturated carbocycles. The first-order valence-corrected chi connectivity index (χ1v) is 6.40. The predicted molar refractivity (Wildman–Crippen MR) is 70.8 cm³/mol. The average Bonchev–Trinajstić information content (AvgIpc) is 2.39. The number of ether oxygens (including phenoxy) is 1. The van der Waals surface area contributed by atoms with Crippen LogP contribution in [0.25, 0.3) is 0 Å². The van der Waals surface area contributed by atoms with Gasteiger partial charge in [0.15, 0.2) is 0 Å². The van der Waals surface area contributed by atoms with Gasteiger partial charge < -0.3 is 9.84 Å². The molecule has 1 N–H and O–H groups in total. The van der Waals surface area contributed by atoms with Crippen LogP contribution in [0.5, 0.6) is 5.75 Å². The van der Waals surface area contributed by atoms with Crippen molar-refractivity contribution < 1.29 is 18.6 Å². The normalized spacial score (nSPS) is 18.1. The third-order valence-electron chi connectivity index (χ3n) is 3.86. The molecular formula is C16H14F2O2. The first-order chi connectivity index (χ1) is 9.61. The Balaban J connectivity index is 1.95. The van der Waals surface area contributed by atoms with Gasteiger partial charge in [-0.05, 0) is 17.5 Å². The number of hydrogen-bond acceptors (Lipinski definition) is 2. The summed E-state index contributed by atoms with van der Waals surface area (Å²) in [5.74, 6) is -1.72. The first kappa shape index (κ1) is 13.1. The van der Waals surface area contributed by atoms with Crippen molar-refractivity contribution in [3.63, 3.8) is 0 Å². The zero-order chi connectivity index (χ0) is 14.3. The molecule has 1 aliphatic rings. The van der Waals surface area contributed by atoms with Crippen LogP contribution >= 0.6 is 0 Å². The lowest BCUT2D eigenvalue weighted by Crippen LogP contribution is -2.25. The minimum Gasteiger partial charge on any atom is -0.497 e. The zero-order valence-electron chi connectivity index (χ0n) is 10.9.